The summed E-state index contributed by atoms with van der Waals surface area (Å²) in [5.74, 6) is 2.50. The van der Waals surface area contributed by atoms with Crippen molar-refractivity contribution < 1.29 is 9.47 Å². The number of anilines is 2. The van der Waals surface area contributed by atoms with Gasteiger partial charge in [0.05, 0.1) is 19.4 Å². The van der Waals surface area contributed by atoms with Gasteiger partial charge in [-0.3, -0.25) is 0 Å². The molecule has 1 aliphatic heterocycles. The number of nitrogens with one attached hydrogen (secondary N) is 2. The Bertz CT molecular complexity index is 1100. The van der Waals surface area contributed by atoms with Crippen molar-refractivity contribution in [3.63, 3.8) is 0 Å². The molecule has 1 spiro atoms. The maximum atomic E-state index is 9.65. The molecule has 0 aromatic carbocycles. The molecule has 1 saturated heterocycles. The first-order chi connectivity index (χ1) is 16.6. The molecule has 0 radical (unpaired) electrons. The molecule has 2 aromatic heterocycles. The number of pyridine rings is 1. The number of hydrogen-bond donors (Lipinski definition) is 2. The van der Waals surface area contributed by atoms with Gasteiger partial charge in [0.1, 0.15) is 22.5 Å². The van der Waals surface area contributed by atoms with Gasteiger partial charge in [0, 0.05) is 36.7 Å². The first-order valence-corrected chi connectivity index (χ1v) is 13.4. The molecule has 2 unspecified atom stereocenters. The Morgan fingerprint density at radius 1 is 1.15 bits per heavy atom. The molecule has 5 aliphatic rings. The Labute approximate surface area is 204 Å². The summed E-state index contributed by atoms with van der Waals surface area (Å²) < 4.78 is 12.5. The fourth-order valence-corrected chi connectivity index (χ4v) is 7.66. The predicted octanol–water partition coefficient (Wildman–Crippen LogP) is 4.06. The smallest absolute Gasteiger partial charge is 0.224 e. The van der Waals surface area contributed by atoms with Crippen LogP contribution in [-0.2, 0) is 16.0 Å². The van der Waals surface area contributed by atoms with E-state index in [1.807, 2.05) is 18.4 Å². The first-order valence-electron chi connectivity index (χ1n) is 12.1. The molecule has 3 heterocycles. The zero-order valence-corrected chi connectivity index (χ0v) is 20.2. The Morgan fingerprint density at radius 2 is 1.94 bits per heavy atom. The van der Waals surface area contributed by atoms with E-state index in [0.717, 1.165) is 49.1 Å². The van der Waals surface area contributed by atoms with Crippen LogP contribution in [0, 0.1) is 34.5 Å². The van der Waals surface area contributed by atoms with E-state index in [4.69, 9.17) is 9.47 Å². The lowest BCUT2D eigenvalue weighted by Crippen LogP contribution is -2.62. The largest absolute Gasteiger partial charge is 0.368 e. The van der Waals surface area contributed by atoms with Crippen LogP contribution in [-0.4, -0.2) is 46.8 Å². The SMILES string of the molecule is CSc1ncccc1CNc1ncc(C#N)c(NCC23CC4C[C@H](C2)C2(OCCO2)[C@@H](C4)C3)n1. The van der Waals surface area contributed by atoms with Crippen LogP contribution in [0.1, 0.15) is 43.2 Å². The topological polar surface area (TPSA) is 105 Å². The lowest BCUT2D eigenvalue weighted by Gasteiger charge is -2.63. The van der Waals surface area contributed by atoms with Crippen LogP contribution in [0.2, 0.25) is 0 Å². The quantitative estimate of drug-likeness (QED) is 0.570. The zero-order valence-electron chi connectivity index (χ0n) is 19.4. The van der Waals surface area contributed by atoms with E-state index in [0.29, 0.717) is 35.7 Å². The molecule has 5 fully saturated rings. The van der Waals surface area contributed by atoms with Crippen molar-refractivity contribution in [2.75, 3.05) is 36.6 Å². The molecule has 4 saturated carbocycles. The van der Waals surface area contributed by atoms with E-state index in [9.17, 15) is 5.26 Å². The molecule has 8 nitrogen and oxygen atoms in total. The molecule has 0 amide bonds. The fourth-order valence-electron chi connectivity index (χ4n) is 7.09. The number of ether oxygens (including phenoxy) is 2. The summed E-state index contributed by atoms with van der Waals surface area (Å²) in [6.45, 7) is 2.84. The van der Waals surface area contributed by atoms with Gasteiger partial charge in [0.15, 0.2) is 5.79 Å². The number of hydrogen-bond acceptors (Lipinski definition) is 9. The monoisotopic (exact) mass is 478 g/mol. The second-order valence-corrected chi connectivity index (χ2v) is 11.0. The third-order valence-electron chi connectivity index (χ3n) is 8.21. The van der Waals surface area contributed by atoms with Crippen molar-refractivity contribution in [2.45, 2.75) is 49.5 Å². The standard InChI is InChI=1S/C25H30N6O2S/c1-34-22-17(3-2-4-27-22)13-28-23-29-14-18(12-26)21(31-23)30-15-24-9-16-7-19(10-24)25(20(8-16)11-24)32-5-6-33-25/h2-4,14,16,19-20H,5-11,13,15H2,1H3,(H2,28,29,30,31)/t16?,19-,20+,24?. The number of nitriles is 1. The van der Waals surface area contributed by atoms with Gasteiger partial charge in [-0.25, -0.2) is 9.97 Å². The van der Waals surface area contributed by atoms with E-state index >= 15 is 0 Å². The average Bonchev–Trinajstić information content (AvgIpc) is 3.36. The van der Waals surface area contributed by atoms with Crippen LogP contribution in [0.4, 0.5) is 11.8 Å². The van der Waals surface area contributed by atoms with E-state index in [-0.39, 0.29) is 11.2 Å². The number of rotatable bonds is 7. The van der Waals surface area contributed by atoms with Gasteiger partial charge in [-0.05, 0) is 55.8 Å². The molecule has 4 atom stereocenters. The highest BCUT2D eigenvalue weighted by Gasteiger charge is 2.64. The molecule has 178 valence electrons. The lowest BCUT2D eigenvalue weighted by molar-refractivity contribution is -0.301. The van der Waals surface area contributed by atoms with Crippen LogP contribution >= 0.6 is 11.8 Å². The van der Waals surface area contributed by atoms with Crippen molar-refractivity contribution >= 4 is 23.5 Å². The van der Waals surface area contributed by atoms with Crippen LogP contribution in [0.5, 0.6) is 0 Å². The minimum Gasteiger partial charge on any atom is -0.368 e. The summed E-state index contributed by atoms with van der Waals surface area (Å²) in [6.07, 6.45) is 11.3. The number of aromatic nitrogens is 3. The molecule has 7 rings (SSSR count). The first kappa shape index (κ1) is 22.1. The predicted molar refractivity (Wildman–Crippen MR) is 129 cm³/mol. The van der Waals surface area contributed by atoms with Gasteiger partial charge < -0.3 is 20.1 Å². The van der Waals surface area contributed by atoms with E-state index in [1.54, 1.807) is 24.2 Å². The van der Waals surface area contributed by atoms with Gasteiger partial charge in [0.25, 0.3) is 0 Å². The van der Waals surface area contributed by atoms with Crippen molar-refractivity contribution in [1.29, 1.82) is 5.26 Å². The molecule has 2 N–H and O–H groups in total. The maximum Gasteiger partial charge on any atom is 0.224 e. The molecule has 2 aromatic rings. The Morgan fingerprint density at radius 3 is 2.68 bits per heavy atom. The molecule has 34 heavy (non-hydrogen) atoms. The maximum absolute atomic E-state index is 9.65. The van der Waals surface area contributed by atoms with Gasteiger partial charge in [0.2, 0.25) is 5.95 Å². The number of nitrogens with zero attached hydrogens (tertiary/aromatic N) is 4. The highest BCUT2D eigenvalue weighted by atomic mass is 32.2. The van der Waals surface area contributed by atoms with Gasteiger partial charge >= 0.3 is 0 Å². The summed E-state index contributed by atoms with van der Waals surface area (Å²) in [5.41, 5.74) is 1.78. The summed E-state index contributed by atoms with van der Waals surface area (Å²) in [5, 5.41) is 17.5. The molecule has 9 heteroatoms. The van der Waals surface area contributed by atoms with Crippen LogP contribution in [0.3, 0.4) is 0 Å². The molecule has 4 bridgehead atoms. The van der Waals surface area contributed by atoms with Crippen LogP contribution < -0.4 is 10.6 Å². The Hall–Kier alpha value is -2.41. The number of thioether (sulfide) groups is 1. The molecule has 4 aliphatic carbocycles. The van der Waals surface area contributed by atoms with Crippen molar-refractivity contribution in [2.24, 2.45) is 23.2 Å². The van der Waals surface area contributed by atoms with Gasteiger partial charge in [-0.15, -0.1) is 11.8 Å². The average molecular weight is 479 g/mol. The van der Waals surface area contributed by atoms with Gasteiger partial charge in [-0.2, -0.15) is 10.2 Å². The third kappa shape index (κ3) is 3.72. The second kappa shape index (κ2) is 8.67. The van der Waals surface area contributed by atoms with Crippen LogP contribution in [0.15, 0.2) is 29.6 Å². The van der Waals surface area contributed by atoms with Crippen molar-refractivity contribution in [3.8, 4) is 6.07 Å². The molecular weight excluding hydrogens is 448 g/mol. The summed E-state index contributed by atoms with van der Waals surface area (Å²) in [7, 11) is 0. The summed E-state index contributed by atoms with van der Waals surface area (Å²) in [6, 6.07) is 6.22. The zero-order chi connectivity index (χ0) is 23.2. The van der Waals surface area contributed by atoms with Gasteiger partial charge in [-0.1, -0.05) is 6.07 Å². The van der Waals surface area contributed by atoms with Crippen molar-refractivity contribution in [1.82, 2.24) is 15.0 Å². The van der Waals surface area contributed by atoms with E-state index < -0.39 is 0 Å². The van der Waals surface area contributed by atoms with E-state index in [2.05, 4.69) is 31.7 Å². The Balaban J connectivity index is 1.16. The third-order valence-corrected chi connectivity index (χ3v) is 8.97. The second-order valence-electron chi connectivity index (χ2n) is 10.2. The fraction of sp³-hybridized carbons (Fsp3) is 0.600. The highest BCUT2D eigenvalue weighted by molar-refractivity contribution is 7.98. The highest BCUT2D eigenvalue weighted by Crippen LogP contribution is 2.65. The summed E-state index contributed by atoms with van der Waals surface area (Å²) in [4.78, 5) is 13.4. The van der Waals surface area contributed by atoms with Crippen LogP contribution in [0.25, 0.3) is 0 Å². The Kier molecular flexibility index (Phi) is 5.63. The summed E-state index contributed by atoms with van der Waals surface area (Å²) >= 11 is 1.62. The van der Waals surface area contributed by atoms with Crippen molar-refractivity contribution in [3.05, 3.63) is 35.7 Å². The minimum absolute atomic E-state index is 0.214. The normalized spacial score (nSPS) is 30.4. The van der Waals surface area contributed by atoms with E-state index in [1.165, 1.54) is 19.3 Å². The minimum atomic E-state index is -0.327. The molecular formula is C25H30N6O2S. The lowest BCUT2D eigenvalue weighted by atomic mass is 9.47.